The fourth-order valence-electron chi connectivity index (χ4n) is 6.69. The predicted molar refractivity (Wildman–Crippen MR) is 164 cm³/mol. The number of benzene rings is 2. The molecule has 2 aromatic carbocycles. The van der Waals surface area contributed by atoms with E-state index in [9.17, 15) is 51.3 Å². The molecule has 1 saturated heterocycles. The number of anilines is 1. The molecule has 1 fully saturated rings. The number of pyridine rings is 1. The van der Waals surface area contributed by atoms with Crippen LogP contribution in [0.3, 0.4) is 0 Å². The lowest BCUT2D eigenvalue weighted by molar-refractivity contribution is -0.143. The number of amides is 2. The molecule has 0 bridgehead atoms. The molecule has 7 nitrogen and oxygen atoms in total. The molecule has 4 atom stereocenters. The number of hydrogen-bond acceptors (Lipinski definition) is 6. The molecule has 2 amide bonds. The zero-order valence-corrected chi connectivity index (χ0v) is 25.6. The summed E-state index contributed by atoms with van der Waals surface area (Å²) in [6.45, 7) is 1.04. The van der Waals surface area contributed by atoms with E-state index in [0.29, 0.717) is 51.4 Å². The summed E-state index contributed by atoms with van der Waals surface area (Å²) in [4.78, 5) is 32.1. The minimum absolute atomic E-state index is 0.0261. The number of allylic oxidation sites excluding steroid dienone is 2. The Balaban J connectivity index is 1.47. The molecule has 1 aliphatic carbocycles. The molecular weight excluding hydrogens is 642 g/mol. The first-order valence-electron chi connectivity index (χ1n) is 15.2. The van der Waals surface area contributed by atoms with Crippen LogP contribution in [0, 0.1) is 17.8 Å². The second-order valence-corrected chi connectivity index (χ2v) is 11.8. The number of aromatic hydroxyl groups is 1. The zero-order chi connectivity index (χ0) is 35.0. The molecule has 5 rings (SSSR count). The van der Waals surface area contributed by atoms with E-state index in [2.05, 4.69) is 4.98 Å². The number of phenolic OH excluding ortho intramolecular Hbond substituents is 1. The number of nitrogens with zero attached hydrogens (tertiary/aromatic N) is 2. The average Bonchev–Trinajstić information content (AvgIpc) is 3.30. The fraction of sp³-hybridized carbons (Fsp3) is 0.343. The third-order valence-electron chi connectivity index (χ3n) is 8.94. The Labute approximate surface area is 271 Å². The topological polar surface area (TPSA) is 111 Å². The smallest absolute Gasteiger partial charge is 0.416 e. The number of carbonyl (C=O) groups excluding carboxylic acids is 2. The zero-order valence-electron chi connectivity index (χ0n) is 25.6. The minimum Gasteiger partial charge on any atom is -0.507 e. The number of para-hydroxylation sites is 1. The summed E-state index contributed by atoms with van der Waals surface area (Å²) in [5.74, 6) is -5.60. The van der Waals surface area contributed by atoms with Crippen LogP contribution in [0.2, 0.25) is 0 Å². The quantitative estimate of drug-likeness (QED) is 0.128. The van der Waals surface area contributed by atoms with Gasteiger partial charge >= 0.3 is 12.4 Å². The number of rotatable bonds is 9. The van der Waals surface area contributed by atoms with E-state index < -0.39 is 71.4 Å². The van der Waals surface area contributed by atoms with Crippen molar-refractivity contribution in [2.75, 3.05) is 11.5 Å². The lowest BCUT2D eigenvalue weighted by Crippen LogP contribution is -2.39. The van der Waals surface area contributed by atoms with Gasteiger partial charge < -0.3 is 15.3 Å². The maximum atomic E-state index is 13.8. The maximum Gasteiger partial charge on any atom is 0.416 e. The molecule has 48 heavy (non-hydrogen) atoms. The van der Waals surface area contributed by atoms with E-state index in [1.54, 1.807) is 55.6 Å². The summed E-state index contributed by atoms with van der Waals surface area (Å²) in [5.41, 5.74) is -1.60. The second-order valence-electron chi connectivity index (χ2n) is 11.8. The van der Waals surface area contributed by atoms with Gasteiger partial charge in [0.2, 0.25) is 11.8 Å². The Morgan fingerprint density at radius 3 is 2.19 bits per heavy atom. The van der Waals surface area contributed by atoms with Crippen molar-refractivity contribution in [1.29, 1.82) is 0 Å². The van der Waals surface area contributed by atoms with Gasteiger partial charge in [-0.15, -0.1) is 0 Å². The van der Waals surface area contributed by atoms with E-state index in [4.69, 9.17) is 0 Å². The number of carbonyl (C=O) groups is 2. The van der Waals surface area contributed by atoms with E-state index in [1.165, 1.54) is 6.07 Å². The molecule has 2 heterocycles. The van der Waals surface area contributed by atoms with E-state index in [0.717, 1.165) is 0 Å². The van der Waals surface area contributed by atoms with Crippen LogP contribution in [0.1, 0.15) is 55.0 Å². The first-order valence-corrected chi connectivity index (χ1v) is 15.2. The van der Waals surface area contributed by atoms with Crippen LogP contribution in [0.25, 0.3) is 11.6 Å². The van der Waals surface area contributed by atoms with E-state index in [1.807, 2.05) is 0 Å². The summed E-state index contributed by atoms with van der Waals surface area (Å²) in [7, 11) is 0. The summed E-state index contributed by atoms with van der Waals surface area (Å²) in [5, 5.41) is 32.5. The Morgan fingerprint density at radius 2 is 1.62 bits per heavy atom. The van der Waals surface area contributed by atoms with Gasteiger partial charge in [-0.1, -0.05) is 36.8 Å². The van der Waals surface area contributed by atoms with Gasteiger partial charge in [0.15, 0.2) is 0 Å². The number of aliphatic hydroxyl groups excluding tert-OH is 2. The van der Waals surface area contributed by atoms with Crippen molar-refractivity contribution in [1.82, 2.24) is 4.98 Å². The van der Waals surface area contributed by atoms with Gasteiger partial charge in [-0.25, -0.2) is 4.90 Å². The third kappa shape index (κ3) is 6.88. The van der Waals surface area contributed by atoms with Crippen LogP contribution >= 0.6 is 0 Å². The van der Waals surface area contributed by atoms with Crippen LogP contribution < -0.4 is 4.90 Å². The van der Waals surface area contributed by atoms with Crippen molar-refractivity contribution in [3.8, 4) is 5.75 Å². The van der Waals surface area contributed by atoms with Crippen molar-refractivity contribution in [2.24, 2.45) is 17.8 Å². The summed E-state index contributed by atoms with van der Waals surface area (Å²) >= 11 is 0. The summed E-state index contributed by atoms with van der Waals surface area (Å²) < 4.78 is 81.6. The van der Waals surface area contributed by atoms with E-state index in [-0.39, 0.29) is 31.1 Å². The predicted octanol–water partition coefficient (Wildman–Crippen LogP) is 7.03. The largest absolute Gasteiger partial charge is 0.507 e. The van der Waals surface area contributed by atoms with Gasteiger partial charge in [-0.2, -0.15) is 26.3 Å². The van der Waals surface area contributed by atoms with Crippen LogP contribution in [-0.2, 0) is 21.9 Å². The standard InChI is InChI=1S/C35H32F6N2O5/c1-2-19-14-25-31(33(48)43(32(25)47)24-16-22(34(36,37)38)15-23(17-24)35(39,40)41)26(18-44)30(19)29(46)11-10-20(27-8-5-6-12-42-27)13-21-7-3-4-9-28(21)45/h3-9,12-13,15-17,25-26,29,31,44-46H,2,10-11,14,18H2,1H3/b20-13-/t25-,26+,29-,31-/m1/s1. The minimum atomic E-state index is -5.20. The van der Waals surface area contributed by atoms with Gasteiger partial charge in [-0.3, -0.25) is 14.6 Å². The van der Waals surface area contributed by atoms with Crippen molar-refractivity contribution >= 4 is 29.2 Å². The molecule has 0 radical (unpaired) electrons. The Bertz CT molecular complexity index is 1720. The third-order valence-corrected chi connectivity index (χ3v) is 8.94. The van der Waals surface area contributed by atoms with Gasteiger partial charge in [0.05, 0.1) is 47.1 Å². The van der Waals surface area contributed by atoms with Crippen LogP contribution in [0.4, 0.5) is 32.0 Å². The number of hydrogen-bond donors (Lipinski definition) is 3. The number of alkyl halides is 6. The number of phenols is 1. The van der Waals surface area contributed by atoms with Crippen molar-refractivity contribution in [2.45, 2.75) is 51.1 Å². The van der Waals surface area contributed by atoms with Crippen LogP contribution in [0.5, 0.6) is 5.75 Å². The lowest BCUT2D eigenvalue weighted by atomic mass is 9.67. The first-order chi connectivity index (χ1) is 22.6. The monoisotopic (exact) mass is 674 g/mol. The molecule has 0 saturated carbocycles. The highest BCUT2D eigenvalue weighted by Crippen LogP contribution is 2.49. The summed E-state index contributed by atoms with van der Waals surface area (Å²) in [6, 6.07) is 12.5. The fourth-order valence-corrected chi connectivity index (χ4v) is 6.69. The number of fused-ring (bicyclic) bond motifs is 1. The van der Waals surface area contributed by atoms with Gasteiger partial charge in [0, 0.05) is 17.7 Å². The lowest BCUT2D eigenvalue weighted by Gasteiger charge is -2.36. The molecule has 3 N–H and O–H groups in total. The van der Waals surface area contributed by atoms with Gasteiger partial charge in [0.1, 0.15) is 5.75 Å². The number of imide groups is 1. The highest BCUT2D eigenvalue weighted by atomic mass is 19.4. The maximum absolute atomic E-state index is 13.8. The molecule has 1 aromatic heterocycles. The summed E-state index contributed by atoms with van der Waals surface area (Å²) in [6.07, 6.45) is -7.80. The van der Waals surface area contributed by atoms with Crippen molar-refractivity contribution < 1.29 is 51.3 Å². The molecule has 13 heteroatoms. The van der Waals surface area contributed by atoms with Gasteiger partial charge in [-0.05, 0) is 79.3 Å². The molecule has 2 aliphatic rings. The second kappa shape index (κ2) is 13.6. The Hall–Kier alpha value is -4.49. The molecule has 254 valence electrons. The molecule has 0 unspecified atom stereocenters. The number of halogens is 6. The number of aliphatic hydroxyl groups is 2. The van der Waals surface area contributed by atoms with Gasteiger partial charge in [0.25, 0.3) is 0 Å². The average molecular weight is 675 g/mol. The molecule has 3 aromatic rings. The number of aromatic nitrogens is 1. The van der Waals surface area contributed by atoms with E-state index >= 15 is 0 Å². The van der Waals surface area contributed by atoms with Crippen molar-refractivity contribution in [3.63, 3.8) is 0 Å². The van der Waals surface area contributed by atoms with Crippen LogP contribution in [-0.4, -0.2) is 44.8 Å². The van der Waals surface area contributed by atoms with Crippen molar-refractivity contribution in [3.05, 3.63) is 100 Å². The highest BCUT2D eigenvalue weighted by molar-refractivity contribution is 6.22. The highest BCUT2D eigenvalue weighted by Gasteiger charge is 2.55. The SMILES string of the molecule is CCC1=C([C@H](O)CC/C(=C/c2ccccc2O)c2ccccn2)[C@H](CO)[C@@H]2C(=O)N(c3cc(C(F)(F)F)cc(C(F)(F)F)c3)C(=O)[C@@H]2C1. The van der Waals surface area contributed by atoms with Crippen LogP contribution in [0.15, 0.2) is 78.0 Å². The Morgan fingerprint density at radius 1 is 0.979 bits per heavy atom. The molecule has 0 spiro atoms. The molecular formula is C35H32F6N2O5. The first kappa shape index (κ1) is 34.8. The Kier molecular flexibility index (Phi) is 9.84. The molecule has 1 aliphatic heterocycles. The normalized spacial score (nSPS) is 21.1.